The number of hydrogen-bond acceptors (Lipinski definition) is 6. The minimum Gasteiger partial charge on any atom is -0.493 e. The van der Waals surface area contributed by atoms with Gasteiger partial charge in [-0.15, -0.1) is 0 Å². The molecule has 2 aromatic rings. The average Bonchev–Trinajstić information content (AvgIpc) is 2.64. The number of nitrogens with zero attached hydrogens (tertiary/aromatic N) is 1. The minimum absolute atomic E-state index is 0.532. The summed E-state index contributed by atoms with van der Waals surface area (Å²) in [6.07, 6.45) is 1.72. The van der Waals surface area contributed by atoms with E-state index in [0.717, 1.165) is 5.56 Å². The van der Waals surface area contributed by atoms with Gasteiger partial charge in [0.05, 0.1) is 41.2 Å². The summed E-state index contributed by atoms with van der Waals surface area (Å²) < 4.78 is 26.5. The summed E-state index contributed by atoms with van der Waals surface area (Å²) in [5.74, 6) is 2.95. The summed E-state index contributed by atoms with van der Waals surface area (Å²) in [6, 6.07) is 9.12. The Labute approximate surface area is 141 Å². The third kappa shape index (κ3) is 3.71. The van der Waals surface area contributed by atoms with Gasteiger partial charge in [0.2, 0.25) is 5.75 Å². The number of rotatable bonds is 7. The van der Waals surface area contributed by atoms with E-state index in [9.17, 15) is 0 Å². The Morgan fingerprint density at radius 2 is 1.25 bits per heavy atom. The highest BCUT2D eigenvalue weighted by Gasteiger charge is 2.12. The van der Waals surface area contributed by atoms with Crippen molar-refractivity contribution in [2.45, 2.75) is 0 Å². The Morgan fingerprint density at radius 3 is 1.75 bits per heavy atom. The number of hydrogen-bond donors (Lipinski definition) is 0. The number of methoxy groups -OCH3 is 5. The molecule has 0 fully saturated rings. The molecule has 0 aliphatic heterocycles. The van der Waals surface area contributed by atoms with E-state index in [-0.39, 0.29) is 0 Å². The standard InChI is InChI=1S/C18H21NO5/c1-20-14-7-6-12(8-15(14)21-2)11-19-13-9-16(22-3)18(24-5)17(10-13)23-4/h6-11H,1-5H3. The number of benzene rings is 2. The molecule has 0 saturated carbocycles. The molecule has 0 aliphatic carbocycles. The lowest BCUT2D eigenvalue weighted by molar-refractivity contribution is 0.324. The summed E-state index contributed by atoms with van der Waals surface area (Å²) in [7, 11) is 7.89. The van der Waals surface area contributed by atoms with E-state index in [4.69, 9.17) is 23.7 Å². The van der Waals surface area contributed by atoms with Gasteiger partial charge >= 0.3 is 0 Å². The Balaban J connectivity index is 2.35. The van der Waals surface area contributed by atoms with E-state index in [0.29, 0.717) is 34.4 Å². The molecule has 0 bridgehead atoms. The first kappa shape index (κ1) is 17.5. The summed E-state index contributed by atoms with van der Waals surface area (Å²) in [5.41, 5.74) is 1.56. The Hall–Kier alpha value is -2.89. The Bertz CT molecular complexity index is 702. The molecule has 0 atom stereocenters. The van der Waals surface area contributed by atoms with Gasteiger partial charge in [0, 0.05) is 18.3 Å². The molecule has 0 spiro atoms. The van der Waals surface area contributed by atoms with Gasteiger partial charge in [-0.1, -0.05) is 0 Å². The fraction of sp³-hybridized carbons (Fsp3) is 0.278. The van der Waals surface area contributed by atoms with Crippen molar-refractivity contribution < 1.29 is 23.7 Å². The van der Waals surface area contributed by atoms with Gasteiger partial charge in [0.25, 0.3) is 0 Å². The summed E-state index contributed by atoms with van der Waals surface area (Å²) >= 11 is 0. The lowest BCUT2D eigenvalue weighted by Crippen LogP contribution is -1.94. The molecule has 0 aromatic heterocycles. The second-order valence-corrected chi connectivity index (χ2v) is 4.76. The van der Waals surface area contributed by atoms with Gasteiger partial charge in [-0.05, 0) is 23.8 Å². The van der Waals surface area contributed by atoms with E-state index < -0.39 is 0 Å². The third-order valence-corrected chi connectivity index (χ3v) is 3.42. The van der Waals surface area contributed by atoms with E-state index in [1.54, 1.807) is 53.9 Å². The second kappa shape index (κ2) is 8.10. The molecular formula is C18H21NO5. The van der Waals surface area contributed by atoms with Crippen molar-refractivity contribution in [3.63, 3.8) is 0 Å². The fourth-order valence-corrected chi connectivity index (χ4v) is 2.22. The molecule has 0 radical (unpaired) electrons. The van der Waals surface area contributed by atoms with Crippen LogP contribution in [0.5, 0.6) is 28.7 Å². The molecule has 2 rings (SSSR count). The first-order valence-corrected chi connectivity index (χ1v) is 7.23. The lowest BCUT2D eigenvalue weighted by atomic mass is 10.2. The zero-order valence-electron chi connectivity index (χ0n) is 14.5. The topological polar surface area (TPSA) is 58.5 Å². The number of ether oxygens (including phenoxy) is 5. The van der Waals surface area contributed by atoms with Crippen LogP contribution in [0.4, 0.5) is 5.69 Å². The molecule has 24 heavy (non-hydrogen) atoms. The third-order valence-electron chi connectivity index (χ3n) is 3.42. The SMILES string of the molecule is COc1ccc(C=Nc2cc(OC)c(OC)c(OC)c2)cc1OC. The van der Waals surface area contributed by atoms with E-state index in [2.05, 4.69) is 4.99 Å². The average molecular weight is 331 g/mol. The lowest BCUT2D eigenvalue weighted by Gasteiger charge is -2.12. The highest BCUT2D eigenvalue weighted by Crippen LogP contribution is 2.40. The van der Waals surface area contributed by atoms with Gasteiger partial charge in [-0.25, -0.2) is 0 Å². The van der Waals surface area contributed by atoms with Crippen LogP contribution in [-0.4, -0.2) is 41.8 Å². The predicted molar refractivity (Wildman–Crippen MR) is 92.9 cm³/mol. The van der Waals surface area contributed by atoms with E-state index in [1.807, 2.05) is 18.2 Å². The van der Waals surface area contributed by atoms with Crippen molar-refractivity contribution in [3.8, 4) is 28.7 Å². The molecule has 6 heteroatoms. The molecule has 0 amide bonds. The summed E-state index contributed by atoms with van der Waals surface area (Å²) in [6.45, 7) is 0. The number of aliphatic imine (C=N–C) groups is 1. The van der Waals surface area contributed by atoms with Crippen molar-refractivity contribution >= 4 is 11.9 Å². The van der Waals surface area contributed by atoms with Crippen LogP contribution < -0.4 is 23.7 Å². The zero-order valence-corrected chi connectivity index (χ0v) is 14.5. The first-order chi connectivity index (χ1) is 11.7. The van der Waals surface area contributed by atoms with Crippen LogP contribution >= 0.6 is 0 Å². The van der Waals surface area contributed by atoms with Crippen molar-refractivity contribution in [3.05, 3.63) is 35.9 Å². The smallest absolute Gasteiger partial charge is 0.203 e. The van der Waals surface area contributed by atoms with Crippen LogP contribution in [0.3, 0.4) is 0 Å². The van der Waals surface area contributed by atoms with Gasteiger partial charge in [-0.2, -0.15) is 0 Å². The highest BCUT2D eigenvalue weighted by molar-refractivity contribution is 5.83. The maximum Gasteiger partial charge on any atom is 0.203 e. The van der Waals surface area contributed by atoms with Gasteiger partial charge < -0.3 is 23.7 Å². The van der Waals surface area contributed by atoms with Gasteiger partial charge in [0.15, 0.2) is 23.0 Å². The molecule has 0 saturated heterocycles. The maximum absolute atomic E-state index is 5.32. The largest absolute Gasteiger partial charge is 0.493 e. The van der Waals surface area contributed by atoms with Crippen molar-refractivity contribution in [1.29, 1.82) is 0 Å². The van der Waals surface area contributed by atoms with Crippen molar-refractivity contribution in [2.75, 3.05) is 35.5 Å². The van der Waals surface area contributed by atoms with Crippen LogP contribution in [0.1, 0.15) is 5.56 Å². The van der Waals surface area contributed by atoms with Crippen molar-refractivity contribution in [2.24, 2.45) is 4.99 Å². The van der Waals surface area contributed by atoms with Crippen LogP contribution in [0.25, 0.3) is 0 Å². The Kier molecular flexibility index (Phi) is 5.89. The second-order valence-electron chi connectivity index (χ2n) is 4.76. The minimum atomic E-state index is 0.532. The molecule has 2 aromatic carbocycles. The maximum atomic E-state index is 5.32. The summed E-state index contributed by atoms with van der Waals surface area (Å²) in [5, 5.41) is 0. The quantitative estimate of drug-likeness (QED) is 0.727. The van der Waals surface area contributed by atoms with Crippen molar-refractivity contribution in [1.82, 2.24) is 0 Å². The summed E-state index contributed by atoms with van der Waals surface area (Å²) in [4.78, 5) is 4.46. The van der Waals surface area contributed by atoms with Crippen LogP contribution in [0, 0.1) is 0 Å². The monoisotopic (exact) mass is 331 g/mol. The molecule has 6 nitrogen and oxygen atoms in total. The molecule has 0 N–H and O–H groups in total. The van der Waals surface area contributed by atoms with E-state index in [1.165, 1.54) is 0 Å². The highest BCUT2D eigenvalue weighted by atomic mass is 16.5. The van der Waals surface area contributed by atoms with Crippen LogP contribution in [-0.2, 0) is 0 Å². The molecule has 0 heterocycles. The molecule has 0 unspecified atom stereocenters. The molecular weight excluding hydrogens is 310 g/mol. The fourth-order valence-electron chi connectivity index (χ4n) is 2.22. The normalized spacial score (nSPS) is 10.5. The predicted octanol–water partition coefficient (Wildman–Crippen LogP) is 3.48. The molecule has 128 valence electrons. The Morgan fingerprint density at radius 1 is 0.667 bits per heavy atom. The molecule has 0 aliphatic rings. The van der Waals surface area contributed by atoms with Gasteiger partial charge in [0.1, 0.15) is 0 Å². The first-order valence-electron chi connectivity index (χ1n) is 7.23. The van der Waals surface area contributed by atoms with Crippen LogP contribution in [0.15, 0.2) is 35.3 Å². The van der Waals surface area contributed by atoms with Crippen LogP contribution in [0.2, 0.25) is 0 Å². The van der Waals surface area contributed by atoms with E-state index >= 15 is 0 Å². The van der Waals surface area contributed by atoms with Gasteiger partial charge in [-0.3, -0.25) is 4.99 Å². The zero-order chi connectivity index (χ0) is 17.5.